The summed E-state index contributed by atoms with van der Waals surface area (Å²) in [5, 5.41) is 3.50. The van der Waals surface area contributed by atoms with Crippen molar-refractivity contribution in [2.24, 2.45) is 0 Å². The molecule has 0 radical (unpaired) electrons. The Morgan fingerprint density at radius 3 is 2.50 bits per heavy atom. The fraction of sp³-hybridized carbons (Fsp3) is 0.667. The molecule has 0 fully saturated rings. The summed E-state index contributed by atoms with van der Waals surface area (Å²) in [6.07, 6.45) is 3.29. The molecule has 2 nitrogen and oxygen atoms in total. The van der Waals surface area contributed by atoms with Gasteiger partial charge in [-0.15, -0.1) is 0 Å². The van der Waals surface area contributed by atoms with Gasteiger partial charge in [0.15, 0.2) is 0 Å². The first kappa shape index (κ1) is 8.30. The van der Waals surface area contributed by atoms with Gasteiger partial charge in [0, 0.05) is 17.9 Å². The number of rotatable bonds is 0. The second-order valence-electron chi connectivity index (χ2n) is 2.88. The summed E-state index contributed by atoms with van der Waals surface area (Å²) in [6.45, 7) is 1.90. The lowest BCUT2D eigenvalue weighted by molar-refractivity contribution is 0.322. The van der Waals surface area contributed by atoms with Crippen LogP contribution in [-0.4, -0.2) is 22.2 Å². The van der Waals surface area contributed by atoms with Crippen molar-refractivity contribution in [3.8, 4) is 0 Å². The van der Waals surface area contributed by atoms with E-state index in [0.29, 0.717) is 0 Å². The molecule has 1 aliphatic heterocycles. The highest BCUT2D eigenvalue weighted by molar-refractivity contribution is 8.19. The molecule has 4 heteroatoms. The predicted octanol–water partition coefficient (Wildman–Crippen LogP) is 1.56. The van der Waals surface area contributed by atoms with Crippen LogP contribution in [0.15, 0.2) is 10.8 Å². The van der Waals surface area contributed by atoms with Gasteiger partial charge in [-0.3, -0.25) is 4.18 Å². The van der Waals surface area contributed by atoms with Crippen molar-refractivity contribution >= 4 is 21.1 Å². The van der Waals surface area contributed by atoms with E-state index < -0.39 is 9.35 Å². The first-order valence-electron chi connectivity index (χ1n) is 3.00. The Morgan fingerprint density at radius 1 is 1.60 bits per heavy atom. The Kier molecular flexibility index (Phi) is 1.74. The summed E-state index contributed by atoms with van der Waals surface area (Å²) in [7, 11) is -2.83. The van der Waals surface area contributed by atoms with Crippen molar-refractivity contribution in [1.29, 1.82) is 0 Å². The summed E-state index contributed by atoms with van der Waals surface area (Å²) in [6, 6.07) is 0. The average molecular weight is 180 g/mol. The molecule has 1 heterocycles. The number of hydrogen-bond acceptors (Lipinski definition) is 3. The minimum atomic E-state index is -2.83. The number of hydrogen-bond donors (Lipinski definition) is 0. The van der Waals surface area contributed by atoms with Crippen LogP contribution in [0.2, 0.25) is 0 Å². The Hall–Kier alpha value is 0.200. The van der Waals surface area contributed by atoms with Gasteiger partial charge in [0.2, 0.25) is 0 Å². The van der Waals surface area contributed by atoms with Gasteiger partial charge < -0.3 is 0 Å². The quantitative estimate of drug-likeness (QED) is 0.566. The molecule has 0 saturated carbocycles. The van der Waals surface area contributed by atoms with E-state index >= 15 is 0 Å². The first-order valence-corrected chi connectivity index (χ1v) is 6.72. The molecule has 1 unspecified atom stereocenters. The van der Waals surface area contributed by atoms with Crippen molar-refractivity contribution < 1.29 is 8.39 Å². The zero-order valence-corrected chi connectivity index (χ0v) is 8.00. The van der Waals surface area contributed by atoms with Gasteiger partial charge in [0.25, 0.3) is 0 Å². The van der Waals surface area contributed by atoms with Crippen LogP contribution in [0.25, 0.3) is 0 Å². The maximum atomic E-state index is 11.7. The van der Waals surface area contributed by atoms with E-state index in [9.17, 15) is 4.21 Å². The molecule has 60 valence electrons. The first-order chi connectivity index (χ1) is 4.37. The summed E-state index contributed by atoms with van der Waals surface area (Å²) in [5.41, 5.74) is 0.0134. The maximum absolute atomic E-state index is 11.7. The van der Waals surface area contributed by atoms with Gasteiger partial charge in [-0.25, -0.2) is 4.21 Å². The van der Waals surface area contributed by atoms with Crippen LogP contribution < -0.4 is 0 Å². The highest BCUT2D eigenvalue weighted by atomic mass is 32.3. The standard InChI is InChI=1S/C6H12O2S2/c1-6-8-10(2,3,7)5-4-9-6/h4-6H,1-3H3. The van der Waals surface area contributed by atoms with E-state index in [1.807, 2.05) is 12.3 Å². The van der Waals surface area contributed by atoms with E-state index in [1.165, 1.54) is 0 Å². The van der Waals surface area contributed by atoms with Gasteiger partial charge >= 0.3 is 0 Å². The average Bonchev–Trinajstić information content (AvgIpc) is 1.57. The summed E-state index contributed by atoms with van der Waals surface area (Å²) < 4.78 is 17.0. The predicted molar refractivity (Wildman–Crippen MR) is 47.3 cm³/mol. The SMILES string of the molecule is CC1OS(C)(C)(=O)C=CS1. The van der Waals surface area contributed by atoms with E-state index in [0.717, 1.165) is 0 Å². The van der Waals surface area contributed by atoms with Gasteiger partial charge in [-0.2, -0.15) is 9.35 Å². The van der Waals surface area contributed by atoms with Crippen molar-refractivity contribution in [3.05, 3.63) is 10.8 Å². The van der Waals surface area contributed by atoms with Gasteiger partial charge in [0.05, 0.1) is 0 Å². The smallest absolute Gasteiger partial charge is 0.128 e. The van der Waals surface area contributed by atoms with E-state index in [-0.39, 0.29) is 5.44 Å². The third-order valence-electron chi connectivity index (χ3n) is 1.13. The highest BCUT2D eigenvalue weighted by Crippen LogP contribution is 2.33. The zero-order chi connectivity index (χ0) is 7.85. The molecule has 0 amide bonds. The summed E-state index contributed by atoms with van der Waals surface area (Å²) >= 11 is 1.54. The molecule has 0 aromatic rings. The molecular weight excluding hydrogens is 168 g/mol. The van der Waals surface area contributed by atoms with Crippen molar-refractivity contribution in [3.63, 3.8) is 0 Å². The van der Waals surface area contributed by atoms with Crippen molar-refractivity contribution in [1.82, 2.24) is 0 Å². The molecule has 0 aromatic carbocycles. The third-order valence-corrected chi connectivity index (χ3v) is 3.96. The molecule has 0 N–H and O–H groups in total. The van der Waals surface area contributed by atoms with Gasteiger partial charge in [-0.1, -0.05) is 11.8 Å². The maximum Gasteiger partial charge on any atom is 0.128 e. The number of thioether (sulfide) groups is 1. The monoisotopic (exact) mass is 180 g/mol. The molecule has 0 aliphatic carbocycles. The van der Waals surface area contributed by atoms with E-state index in [2.05, 4.69) is 0 Å². The van der Waals surface area contributed by atoms with E-state index in [1.54, 1.807) is 29.7 Å². The van der Waals surface area contributed by atoms with Crippen LogP contribution in [0.3, 0.4) is 0 Å². The molecule has 1 atom stereocenters. The van der Waals surface area contributed by atoms with E-state index in [4.69, 9.17) is 4.18 Å². The third kappa shape index (κ3) is 2.11. The minimum Gasteiger partial charge on any atom is -0.270 e. The Balaban J connectivity index is 2.94. The molecular formula is C6H12O2S2. The lowest BCUT2D eigenvalue weighted by atomic mass is 10.9. The second-order valence-corrected chi connectivity index (χ2v) is 8.17. The molecule has 0 saturated heterocycles. The van der Waals surface area contributed by atoms with Crippen LogP contribution in [-0.2, 0) is 13.5 Å². The topological polar surface area (TPSA) is 26.3 Å². The molecule has 0 aromatic heterocycles. The lowest BCUT2D eigenvalue weighted by Crippen LogP contribution is -2.34. The van der Waals surface area contributed by atoms with Crippen molar-refractivity contribution in [2.45, 2.75) is 12.4 Å². The van der Waals surface area contributed by atoms with Crippen LogP contribution in [0.1, 0.15) is 6.92 Å². The Morgan fingerprint density at radius 2 is 2.20 bits per heavy atom. The van der Waals surface area contributed by atoms with Gasteiger partial charge in [0.1, 0.15) is 5.44 Å². The van der Waals surface area contributed by atoms with Crippen LogP contribution >= 0.6 is 11.8 Å². The molecule has 0 bridgehead atoms. The summed E-state index contributed by atoms with van der Waals surface area (Å²) in [5.74, 6) is 0. The molecule has 1 rings (SSSR count). The van der Waals surface area contributed by atoms with Crippen LogP contribution in [0, 0.1) is 0 Å². The van der Waals surface area contributed by atoms with Crippen molar-refractivity contribution in [2.75, 3.05) is 12.5 Å². The largest absolute Gasteiger partial charge is 0.270 e. The molecule has 1 aliphatic rings. The highest BCUT2D eigenvalue weighted by Gasteiger charge is 2.22. The Labute approximate surface area is 65.6 Å². The summed E-state index contributed by atoms with van der Waals surface area (Å²) in [4.78, 5) is 0. The zero-order valence-electron chi connectivity index (χ0n) is 6.37. The second kappa shape index (κ2) is 2.09. The normalized spacial score (nSPS) is 39.9. The lowest BCUT2D eigenvalue weighted by Gasteiger charge is -2.41. The fourth-order valence-electron chi connectivity index (χ4n) is 0.759. The minimum absolute atomic E-state index is 0.0134. The molecule has 10 heavy (non-hydrogen) atoms. The Bertz CT molecular complexity index is 226. The fourth-order valence-corrected chi connectivity index (χ4v) is 4.25. The van der Waals surface area contributed by atoms with Crippen LogP contribution in [0.4, 0.5) is 0 Å². The van der Waals surface area contributed by atoms with Crippen LogP contribution in [0.5, 0.6) is 0 Å². The van der Waals surface area contributed by atoms with Gasteiger partial charge in [-0.05, 0) is 12.3 Å². The molecule has 0 spiro atoms.